The summed E-state index contributed by atoms with van der Waals surface area (Å²) in [6.45, 7) is 0.613. The van der Waals surface area contributed by atoms with Crippen molar-refractivity contribution in [2.75, 3.05) is 6.61 Å². The van der Waals surface area contributed by atoms with Crippen molar-refractivity contribution in [2.45, 2.75) is 17.9 Å². The van der Waals surface area contributed by atoms with Crippen LogP contribution in [0.3, 0.4) is 0 Å². The Morgan fingerprint density at radius 1 is 1.53 bits per heavy atom. The van der Waals surface area contributed by atoms with E-state index in [1.807, 2.05) is 0 Å². The highest BCUT2D eigenvalue weighted by Gasteiger charge is 2.28. The summed E-state index contributed by atoms with van der Waals surface area (Å²) in [4.78, 5) is 10.2. The van der Waals surface area contributed by atoms with Gasteiger partial charge in [0.15, 0.2) is 0 Å². The van der Waals surface area contributed by atoms with Gasteiger partial charge in [-0.1, -0.05) is 12.1 Å². The molecular weight excluding hydrogens is 218 g/mol. The molecular formula is C10H10ClNO3. The summed E-state index contributed by atoms with van der Waals surface area (Å²) in [6, 6.07) is 6.43. The van der Waals surface area contributed by atoms with E-state index in [9.17, 15) is 10.1 Å². The van der Waals surface area contributed by atoms with Crippen LogP contribution in [-0.4, -0.2) is 16.9 Å². The summed E-state index contributed by atoms with van der Waals surface area (Å²) in [5.41, 5.74) is 0.855. The van der Waals surface area contributed by atoms with Crippen molar-refractivity contribution in [1.29, 1.82) is 0 Å². The van der Waals surface area contributed by atoms with Crippen LogP contribution in [0.25, 0.3) is 0 Å². The number of nitro groups is 1. The van der Waals surface area contributed by atoms with Gasteiger partial charge in [0.05, 0.1) is 16.4 Å². The van der Waals surface area contributed by atoms with E-state index in [1.165, 1.54) is 12.1 Å². The fourth-order valence-electron chi connectivity index (χ4n) is 1.68. The number of non-ortho nitro benzene ring substituents is 1. The van der Waals surface area contributed by atoms with Crippen molar-refractivity contribution in [3.05, 3.63) is 39.9 Å². The van der Waals surface area contributed by atoms with Crippen molar-refractivity contribution in [2.24, 2.45) is 0 Å². The van der Waals surface area contributed by atoms with Crippen molar-refractivity contribution >= 4 is 17.3 Å². The third-order valence-electron chi connectivity index (χ3n) is 2.43. The zero-order valence-electron chi connectivity index (χ0n) is 7.93. The molecule has 0 radical (unpaired) electrons. The molecule has 1 saturated heterocycles. The van der Waals surface area contributed by atoms with E-state index < -0.39 is 4.92 Å². The lowest BCUT2D eigenvalue weighted by Crippen LogP contribution is -2.06. The van der Waals surface area contributed by atoms with Gasteiger partial charge in [0, 0.05) is 18.7 Å². The number of ether oxygens (including phenoxy) is 1. The number of nitrogens with zero attached hydrogens (tertiary/aromatic N) is 1. The van der Waals surface area contributed by atoms with Gasteiger partial charge in [-0.2, -0.15) is 0 Å². The Morgan fingerprint density at radius 2 is 2.33 bits per heavy atom. The highest BCUT2D eigenvalue weighted by molar-refractivity contribution is 6.21. The van der Waals surface area contributed by atoms with Crippen molar-refractivity contribution in [1.82, 2.24) is 0 Å². The van der Waals surface area contributed by atoms with Crippen LogP contribution in [0.15, 0.2) is 24.3 Å². The Balaban J connectivity index is 2.28. The fourth-order valence-corrected chi connectivity index (χ4v) is 1.99. The molecule has 0 aromatic heterocycles. The van der Waals surface area contributed by atoms with Crippen LogP contribution in [0.5, 0.6) is 0 Å². The first-order chi connectivity index (χ1) is 7.18. The Labute approximate surface area is 92.0 Å². The fraction of sp³-hybridized carbons (Fsp3) is 0.400. The number of rotatable bonds is 2. The maximum Gasteiger partial charge on any atom is 0.269 e. The number of nitro benzene ring substituents is 1. The zero-order valence-corrected chi connectivity index (χ0v) is 8.68. The first-order valence-corrected chi connectivity index (χ1v) is 5.12. The molecule has 4 nitrogen and oxygen atoms in total. The molecule has 0 bridgehead atoms. The van der Waals surface area contributed by atoms with Crippen LogP contribution in [0, 0.1) is 10.1 Å². The smallest absolute Gasteiger partial charge is 0.269 e. The van der Waals surface area contributed by atoms with Crippen LogP contribution < -0.4 is 0 Å². The van der Waals surface area contributed by atoms with Crippen LogP contribution in [0.4, 0.5) is 5.69 Å². The number of hydrogen-bond donors (Lipinski definition) is 0. The Morgan fingerprint density at radius 3 is 2.93 bits per heavy atom. The van der Waals surface area contributed by atoms with Gasteiger partial charge < -0.3 is 4.74 Å². The SMILES string of the molecule is O=[N+]([O-])c1cccc([C@@H]2OCC[C@H]2Cl)c1. The predicted octanol–water partition coefficient (Wildman–Crippen LogP) is 2.66. The number of alkyl halides is 1. The monoisotopic (exact) mass is 227 g/mol. The molecule has 0 saturated carbocycles. The third kappa shape index (κ3) is 2.11. The molecule has 1 aliphatic rings. The molecule has 1 fully saturated rings. The van der Waals surface area contributed by atoms with E-state index in [0.717, 1.165) is 12.0 Å². The lowest BCUT2D eigenvalue weighted by atomic mass is 10.1. The minimum atomic E-state index is -0.415. The summed E-state index contributed by atoms with van der Waals surface area (Å²) in [7, 11) is 0. The summed E-state index contributed by atoms with van der Waals surface area (Å²) < 4.78 is 5.43. The molecule has 1 heterocycles. The molecule has 0 spiro atoms. The Hall–Kier alpha value is -1.13. The van der Waals surface area contributed by atoms with Gasteiger partial charge in [0.2, 0.25) is 0 Å². The molecule has 0 unspecified atom stereocenters. The van der Waals surface area contributed by atoms with E-state index in [2.05, 4.69) is 0 Å². The van der Waals surface area contributed by atoms with Crippen molar-refractivity contribution in [3.63, 3.8) is 0 Å². The molecule has 1 aliphatic heterocycles. The van der Waals surface area contributed by atoms with Crippen LogP contribution in [0.1, 0.15) is 18.1 Å². The van der Waals surface area contributed by atoms with Gasteiger partial charge in [-0.05, 0) is 12.0 Å². The standard InChI is InChI=1S/C10H10ClNO3/c11-9-4-5-15-10(9)7-2-1-3-8(6-7)12(13)14/h1-3,6,9-10H,4-5H2/t9-,10+/m1/s1. The van der Waals surface area contributed by atoms with Gasteiger partial charge in [0.25, 0.3) is 5.69 Å². The van der Waals surface area contributed by atoms with Crippen molar-refractivity contribution in [3.8, 4) is 0 Å². The summed E-state index contributed by atoms with van der Waals surface area (Å²) in [5, 5.41) is 10.5. The second-order valence-corrected chi connectivity index (χ2v) is 4.01. The second-order valence-electron chi connectivity index (χ2n) is 3.45. The average molecular weight is 228 g/mol. The van der Waals surface area contributed by atoms with E-state index in [-0.39, 0.29) is 17.2 Å². The Bertz CT molecular complexity index is 383. The first-order valence-electron chi connectivity index (χ1n) is 4.68. The van der Waals surface area contributed by atoms with Crippen molar-refractivity contribution < 1.29 is 9.66 Å². The van der Waals surface area contributed by atoms with Gasteiger partial charge in [0.1, 0.15) is 0 Å². The maximum atomic E-state index is 10.6. The number of hydrogen-bond acceptors (Lipinski definition) is 3. The topological polar surface area (TPSA) is 52.4 Å². The second kappa shape index (κ2) is 4.16. The lowest BCUT2D eigenvalue weighted by molar-refractivity contribution is -0.385. The zero-order chi connectivity index (χ0) is 10.8. The highest BCUT2D eigenvalue weighted by atomic mass is 35.5. The van der Waals surface area contributed by atoms with Gasteiger partial charge >= 0.3 is 0 Å². The van der Waals surface area contributed by atoms with E-state index in [1.54, 1.807) is 12.1 Å². The van der Waals surface area contributed by atoms with Crippen LogP contribution in [-0.2, 0) is 4.74 Å². The lowest BCUT2D eigenvalue weighted by Gasteiger charge is -2.12. The molecule has 15 heavy (non-hydrogen) atoms. The molecule has 0 N–H and O–H groups in total. The molecule has 2 rings (SSSR count). The Kier molecular flexibility index (Phi) is 2.88. The molecule has 0 aliphatic carbocycles. The summed E-state index contributed by atoms with van der Waals surface area (Å²) >= 11 is 6.05. The number of benzene rings is 1. The summed E-state index contributed by atoms with van der Waals surface area (Å²) in [5.74, 6) is 0. The van der Waals surface area contributed by atoms with Crippen LogP contribution >= 0.6 is 11.6 Å². The minimum Gasteiger partial charge on any atom is -0.372 e. The van der Waals surface area contributed by atoms with E-state index in [4.69, 9.17) is 16.3 Å². The van der Waals surface area contributed by atoms with Gasteiger partial charge in [-0.15, -0.1) is 11.6 Å². The molecule has 0 amide bonds. The van der Waals surface area contributed by atoms with Crippen LogP contribution in [0.2, 0.25) is 0 Å². The highest BCUT2D eigenvalue weighted by Crippen LogP contribution is 2.34. The maximum absolute atomic E-state index is 10.6. The largest absolute Gasteiger partial charge is 0.372 e. The predicted molar refractivity (Wildman–Crippen MR) is 56.0 cm³/mol. The number of halogens is 1. The average Bonchev–Trinajstić information content (AvgIpc) is 2.64. The molecule has 2 atom stereocenters. The van der Waals surface area contributed by atoms with E-state index in [0.29, 0.717) is 6.61 Å². The minimum absolute atomic E-state index is 0.0758. The first kappa shape index (κ1) is 10.4. The quantitative estimate of drug-likeness (QED) is 0.443. The molecule has 5 heteroatoms. The molecule has 1 aromatic carbocycles. The molecule has 1 aromatic rings. The molecule has 80 valence electrons. The summed E-state index contributed by atoms with van der Waals surface area (Å²) in [6.07, 6.45) is 0.570. The van der Waals surface area contributed by atoms with Gasteiger partial charge in [-0.3, -0.25) is 10.1 Å². The third-order valence-corrected chi connectivity index (χ3v) is 2.88. The van der Waals surface area contributed by atoms with Gasteiger partial charge in [-0.25, -0.2) is 0 Å². The van der Waals surface area contributed by atoms with E-state index >= 15 is 0 Å². The normalized spacial score (nSPS) is 25.4.